The first kappa shape index (κ1) is 19.7. The van der Waals surface area contributed by atoms with E-state index in [1.54, 1.807) is 7.11 Å². The van der Waals surface area contributed by atoms with Crippen molar-refractivity contribution >= 4 is 35.3 Å². The average molecular weight is 367 g/mol. The van der Waals surface area contributed by atoms with Crippen LogP contribution < -0.4 is 10.6 Å². The fraction of sp³-hybridized carbons (Fsp3) is 0.556. The summed E-state index contributed by atoms with van der Waals surface area (Å²) in [5, 5.41) is 6.05. The first-order chi connectivity index (χ1) is 11.8. The molecule has 1 amide bonds. The van der Waals surface area contributed by atoms with Gasteiger partial charge in [-0.1, -0.05) is 31.4 Å². The van der Waals surface area contributed by atoms with Crippen LogP contribution in [0, 0.1) is 0 Å². The zero-order chi connectivity index (χ0) is 16.8. The molecule has 0 saturated heterocycles. The molecule has 1 aromatic carbocycles. The zero-order valence-electron chi connectivity index (χ0n) is 14.7. The van der Waals surface area contributed by atoms with Gasteiger partial charge in [0.1, 0.15) is 0 Å². The third kappa shape index (κ3) is 4.93. The molecule has 1 saturated carbocycles. The van der Waals surface area contributed by atoms with Gasteiger partial charge in [-0.2, -0.15) is 0 Å². The molecule has 0 aliphatic heterocycles. The number of ether oxygens (including phenoxy) is 1. The molecular formula is C18H27ClN4O2. The quantitative estimate of drug-likeness (QED) is 0.739. The molecule has 2 N–H and O–H groups in total. The van der Waals surface area contributed by atoms with Crippen LogP contribution in [-0.4, -0.2) is 42.3 Å². The maximum absolute atomic E-state index is 12.2. The number of para-hydroxylation sites is 2. The predicted octanol–water partition coefficient (Wildman–Crippen LogP) is 3.14. The third-order valence-electron chi connectivity index (χ3n) is 4.56. The fourth-order valence-electron chi connectivity index (χ4n) is 3.39. The molecule has 7 heteroatoms. The van der Waals surface area contributed by atoms with Crippen LogP contribution in [0.5, 0.6) is 0 Å². The summed E-state index contributed by atoms with van der Waals surface area (Å²) >= 11 is 0. The molecule has 1 fully saturated rings. The Kier molecular flexibility index (Phi) is 7.68. The summed E-state index contributed by atoms with van der Waals surface area (Å²) in [6, 6.07) is 8.52. The minimum atomic E-state index is -0.0709. The van der Waals surface area contributed by atoms with E-state index in [1.165, 1.54) is 19.3 Å². The number of imidazole rings is 1. The van der Waals surface area contributed by atoms with Gasteiger partial charge < -0.3 is 14.6 Å². The van der Waals surface area contributed by atoms with Crippen molar-refractivity contribution in [3.8, 4) is 0 Å². The topological polar surface area (TPSA) is 68.2 Å². The van der Waals surface area contributed by atoms with E-state index >= 15 is 0 Å². The predicted molar refractivity (Wildman–Crippen MR) is 102 cm³/mol. The smallest absolute Gasteiger partial charge is 0.240 e. The number of aromatic nitrogens is 2. The number of amides is 1. The van der Waals surface area contributed by atoms with E-state index in [1.807, 2.05) is 18.2 Å². The van der Waals surface area contributed by atoms with Gasteiger partial charge in [0.05, 0.1) is 24.2 Å². The van der Waals surface area contributed by atoms with Crippen LogP contribution in [0.4, 0.5) is 5.95 Å². The Morgan fingerprint density at radius 3 is 2.80 bits per heavy atom. The monoisotopic (exact) mass is 366 g/mol. The van der Waals surface area contributed by atoms with Crippen molar-refractivity contribution in [3.05, 3.63) is 24.3 Å². The molecule has 3 rings (SSSR count). The van der Waals surface area contributed by atoms with Crippen molar-refractivity contribution in [3.63, 3.8) is 0 Å². The van der Waals surface area contributed by atoms with Crippen LogP contribution in [-0.2, 0) is 9.53 Å². The van der Waals surface area contributed by atoms with E-state index in [9.17, 15) is 4.79 Å². The SMILES string of the molecule is COCCNCC(=O)Nc1nc2ccccc2n1C1CCCCC1.Cl. The van der Waals surface area contributed by atoms with Crippen molar-refractivity contribution in [2.45, 2.75) is 38.1 Å². The molecule has 0 radical (unpaired) electrons. The Bertz CT molecular complexity index is 683. The van der Waals surface area contributed by atoms with Crippen LogP contribution in [0.2, 0.25) is 0 Å². The van der Waals surface area contributed by atoms with Crippen LogP contribution in [0.25, 0.3) is 11.0 Å². The molecule has 1 aliphatic carbocycles. The van der Waals surface area contributed by atoms with Crippen molar-refractivity contribution in [2.75, 3.05) is 32.1 Å². The Morgan fingerprint density at radius 2 is 2.04 bits per heavy atom. The lowest BCUT2D eigenvalue weighted by Crippen LogP contribution is -2.31. The summed E-state index contributed by atoms with van der Waals surface area (Å²) in [5.74, 6) is 0.597. The van der Waals surface area contributed by atoms with Crippen LogP contribution >= 0.6 is 12.4 Å². The van der Waals surface area contributed by atoms with E-state index in [2.05, 4.69) is 26.3 Å². The second-order valence-corrected chi connectivity index (χ2v) is 6.30. The summed E-state index contributed by atoms with van der Waals surface area (Å²) in [6.45, 7) is 1.51. The largest absolute Gasteiger partial charge is 0.383 e. The zero-order valence-corrected chi connectivity index (χ0v) is 15.5. The summed E-state index contributed by atoms with van der Waals surface area (Å²) in [6.07, 6.45) is 6.07. The van der Waals surface area contributed by atoms with E-state index in [4.69, 9.17) is 4.74 Å². The second kappa shape index (κ2) is 9.75. The van der Waals surface area contributed by atoms with Gasteiger partial charge in [-0.25, -0.2) is 4.98 Å². The van der Waals surface area contributed by atoms with Gasteiger partial charge in [-0.05, 0) is 25.0 Å². The van der Waals surface area contributed by atoms with E-state index < -0.39 is 0 Å². The highest BCUT2D eigenvalue weighted by atomic mass is 35.5. The molecule has 25 heavy (non-hydrogen) atoms. The minimum absolute atomic E-state index is 0. The number of carbonyl (C=O) groups is 1. The Balaban J connectivity index is 0.00000225. The highest BCUT2D eigenvalue weighted by Gasteiger charge is 2.22. The normalized spacial score (nSPS) is 15.1. The van der Waals surface area contributed by atoms with E-state index in [0.29, 0.717) is 25.1 Å². The number of carbonyl (C=O) groups excluding carboxylic acids is 1. The summed E-state index contributed by atoms with van der Waals surface area (Å²) in [4.78, 5) is 16.9. The number of fused-ring (bicyclic) bond motifs is 1. The Morgan fingerprint density at radius 1 is 1.28 bits per heavy atom. The van der Waals surface area contributed by atoms with Gasteiger partial charge >= 0.3 is 0 Å². The average Bonchev–Trinajstić information content (AvgIpc) is 2.97. The molecule has 1 aromatic heterocycles. The lowest BCUT2D eigenvalue weighted by atomic mass is 9.95. The molecule has 6 nitrogen and oxygen atoms in total. The lowest BCUT2D eigenvalue weighted by Gasteiger charge is -2.25. The molecule has 2 aromatic rings. The number of nitrogens with one attached hydrogen (secondary N) is 2. The van der Waals surface area contributed by atoms with Gasteiger partial charge in [-0.15, -0.1) is 12.4 Å². The number of methoxy groups -OCH3 is 1. The first-order valence-corrected chi connectivity index (χ1v) is 8.76. The van der Waals surface area contributed by atoms with Crippen LogP contribution in [0.1, 0.15) is 38.1 Å². The van der Waals surface area contributed by atoms with Crippen LogP contribution in [0.3, 0.4) is 0 Å². The van der Waals surface area contributed by atoms with Gasteiger partial charge in [0.2, 0.25) is 11.9 Å². The molecule has 0 spiro atoms. The standard InChI is InChI=1S/C18H26N4O2.ClH/c1-24-12-11-19-13-17(23)21-18-20-15-9-5-6-10-16(15)22(18)14-7-3-2-4-8-14;/h5-6,9-10,14,19H,2-4,7-8,11-13H2,1H3,(H,20,21,23);1H. The highest BCUT2D eigenvalue weighted by molar-refractivity contribution is 5.92. The lowest BCUT2D eigenvalue weighted by molar-refractivity contribution is -0.115. The number of nitrogens with zero attached hydrogens (tertiary/aromatic N) is 2. The third-order valence-corrected chi connectivity index (χ3v) is 4.56. The Labute approximate surface area is 154 Å². The summed E-state index contributed by atoms with van der Waals surface area (Å²) < 4.78 is 7.19. The maximum atomic E-state index is 12.2. The highest BCUT2D eigenvalue weighted by Crippen LogP contribution is 2.34. The van der Waals surface area contributed by atoms with E-state index in [0.717, 1.165) is 23.9 Å². The summed E-state index contributed by atoms with van der Waals surface area (Å²) in [5.41, 5.74) is 2.04. The molecular weight excluding hydrogens is 340 g/mol. The minimum Gasteiger partial charge on any atom is -0.383 e. The number of hydrogen-bond donors (Lipinski definition) is 2. The van der Waals surface area contributed by atoms with Gasteiger partial charge in [0, 0.05) is 19.7 Å². The first-order valence-electron chi connectivity index (χ1n) is 8.76. The maximum Gasteiger partial charge on any atom is 0.240 e. The number of rotatable bonds is 7. The number of anilines is 1. The number of halogens is 1. The summed E-state index contributed by atoms with van der Waals surface area (Å²) in [7, 11) is 1.65. The van der Waals surface area contributed by atoms with Crippen molar-refractivity contribution in [1.29, 1.82) is 0 Å². The fourth-order valence-corrected chi connectivity index (χ4v) is 3.39. The van der Waals surface area contributed by atoms with Gasteiger partial charge in [0.25, 0.3) is 0 Å². The van der Waals surface area contributed by atoms with Gasteiger partial charge in [-0.3, -0.25) is 10.1 Å². The van der Waals surface area contributed by atoms with Crippen LogP contribution in [0.15, 0.2) is 24.3 Å². The molecule has 0 bridgehead atoms. The van der Waals surface area contributed by atoms with Crippen molar-refractivity contribution in [1.82, 2.24) is 14.9 Å². The number of benzene rings is 1. The number of hydrogen-bond acceptors (Lipinski definition) is 4. The molecule has 0 unspecified atom stereocenters. The molecule has 138 valence electrons. The second-order valence-electron chi connectivity index (χ2n) is 6.30. The molecule has 0 atom stereocenters. The molecule has 1 aliphatic rings. The van der Waals surface area contributed by atoms with Gasteiger partial charge in [0.15, 0.2) is 0 Å². The van der Waals surface area contributed by atoms with Crippen molar-refractivity contribution < 1.29 is 9.53 Å². The van der Waals surface area contributed by atoms with E-state index in [-0.39, 0.29) is 24.9 Å². The van der Waals surface area contributed by atoms with Crippen molar-refractivity contribution in [2.24, 2.45) is 0 Å². The Hall–Kier alpha value is -1.63. The molecule has 1 heterocycles.